The fourth-order valence-corrected chi connectivity index (χ4v) is 8.73. The van der Waals surface area contributed by atoms with Gasteiger partial charge in [-0.3, -0.25) is 0 Å². The van der Waals surface area contributed by atoms with Gasteiger partial charge in [0.1, 0.15) is 0 Å². The molecule has 0 fully saturated rings. The van der Waals surface area contributed by atoms with Crippen molar-refractivity contribution in [3.05, 3.63) is 78.4 Å². The lowest BCUT2D eigenvalue weighted by atomic mass is 10.1. The zero-order valence-electron chi connectivity index (χ0n) is 19.7. The lowest BCUT2D eigenvalue weighted by Crippen LogP contribution is -2.66. The minimum atomic E-state index is -2.72. The van der Waals surface area contributed by atoms with Gasteiger partial charge in [-0.2, -0.15) is 0 Å². The summed E-state index contributed by atoms with van der Waals surface area (Å²) in [7, 11) is -1.74. The Balaban J connectivity index is 2.09. The fraction of sp³-hybridized carbons (Fsp3) is 0.280. The zero-order valence-corrected chi connectivity index (χ0v) is 20.7. The van der Waals surface area contributed by atoms with E-state index in [2.05, 4.69) is 45.0 Å². The normalized spacial score (nSPS) is 11.7. The van der Waals surface area contributed by atoms with E-state index in [-0.39, 0.29) is 10.8 Å². The first-order valence-corrected chi connectivity index (χ1v) is 12.7. The number of hydrogen-bond donors (Lipinski definition) is 2. The maximum atomic E-state index is 9.27. The molecule has 0 aliphatic carbocycles. The summed E-state index contributed by atoms with van der Waals surface area (Å²) < 4.78 is 22.9. The molecule has 0 bridgehead atoms. The van der Waals surface area contributed by atoms with Crippen LogP contribution >= 0.6 is 0 Å². The van der Waals surface area contributed by atoms with E-state index in [1.54, 1.807) is 12.1 Å². The van der Waals surface area contributed by atoms with E-state index in [0.29, 0.717) is 18.1 Å². The highest BCUT2D eigenvalue weighted by Gasteiger charge is 2.50. The molecule has 0 aromatic heterocycles. The highest BCUT2D eigenvalue weighted by Crippen LogP contribution is 2.41. The first-order chi connectivity index (χ1) is 15.7. The van der Waals surface area contributed by atoms with E-state index in [4.69, 9.17) is 18.6 Å². The molecule has 0 unspecified atom stereocenters. The Morgan fingerprint density at radius 1 is 0.788 bits per heavy atom. The molecule has 2 N–H and O–H groups in total. The second kappa shape index (κ2) is 10.4. The average Bonchev–Trinajstić information content (AvgIpc) is 2.80. The van der Waals surface area contributed by atoms with E-state index in [1.807, 2.05) is 36.4 Å². The third kappa shape index (κ3) is 5.25. The smallest absolute Gasteiger partial charge is 0.506 e. The van der Waals surface area contributed by atoms with Crippen molar-refractivity contribution < 1.29 is 28.6 Å². The molecule has 6 nitrogen and oxygen atoms in total. The minimum Gasteiger partial charge on any atom is -0.506 e. The molecule has 3 rings (SSSR count). The quantitative estimate of drug-likeness (QED) is 0.472. The largest absolute Gasteiger partial charge is 0.707 e. The Morgan fingerprint density at radius 2 is 1.24 bits per heavy atom. The number of ether oxygens (including phenoxy) is 2. The SMILES string of the molecule is COc1cc(CO[Si](c2ccccc2)(c2ccccc2)C(C)(C)C)cc(OC)c1OB(O)O. The molecular formula is C25H31BO6Si. The predicted molar refractivity (Wildman–Crippen MR) is 133 cm³/mol. The van der Waals surface area contributed by atoms with Gasteiger partial charge >= 0.3 is 7.32 Å². The van der Waals surface area contributed by atoms with E-state index >= 15 is 0 Å². The van der Waals surface area contributed by atoms with Crippen molar-refractivity contribution in [2.24, 2.45) is 0 Å². The maximum absolute atomic E-state index is 9.27. The summed E-state index contributed by atoms with van der Waals surface area (Å²) in [6, 6.07) is 24.3. The summed E-state index contributed by atoms with van der Waals surface area (Å²) >= 11 is 0. The van der Waals surface area contributed by atoms with Gasteiger partial charge in [-0.15, -0.1) is 0 Å². The van der Waals surface area contributed by atoms with Crippen LogP contribution in [0.3, 0.4) is 0 Å². The molecule has 0 spiro atoms. The molecule has 33 heavy (non-hydrogen) atoms. The van der Waals surface area contributed by atoms with Crippen molar-refractivity contribution in [3.63, 3.8) is 0 Å². The topological polar surface area (TPSA) is 77.4 Å². The van der Waals surface area contributed by atoms with Crippen LogP contribution in [0.2, 0.25) is 5.04 Å². The average molecular weight is 466 g/mol. The standard InChI is InChI=1S/C25H31BO6Si/c1-25(2,3)33(20-12-8-6-9-13-20,21-14-10-7-11-15-21)31-18-19-16-22(29-4)24(32-26(27)28)23(17-19)30-5/h6-17,27-28H,18H2,1-5H3. The van der Waals surface area contributed by atoms with E-state index in [0.717, 1.165) is 5.56 Å². The Bertz CT molecular complexity index is 973. The third-order valence-corrected chi connectivity index (χ3v) is 10.6. The second-order valence-corrected chi connectivity index (χ2v) is 13.0. The molecule has 0 aliphatic rings. The van der Waals surface area contributed by atoms with Crippen LogP contribution in [0.15, 0.2) is 72.8 Å². The van der Waals surface area contributed by atoms with Crippen LogP contribution in [0.5, 0.6) is 17.2 Å². The predicted octanol–water partition coefficient (Wildman–Crippen LogP) is 3.13. The van der Waals surface area contributed by atoms with Gasteiger partial charge in [0.25, 0.3) is 8.32 Å². The van der Waals surface area contributed by atoms with Gasteiger partial charge in [-0.1, -0.05) is 81.4 Å². The molecule has 0 radical (unpaired) electrons. The molecule has 3 aromatic carbocycles. The summed E-state index contributed by atoms with van der Waals surface area (Å²) in [5.74, 6) is 0.760. The van der Waals surface area contributed by atoms with E-state index < -0.39 is 15.6 Å². The van der Waals surface area contributed by atoms with Gasteiger partial charge in [0.15, 0.2) is 17.2 Å². The van der Waals surface area contributed by atoms with Crippen LogP contribution in [0.4, 0.5) is 0 Å². The van der Waals surface area contributed by atoms with Gasteiger partial charge in [-0.05, 0) is 33.1 Å². The molecule has 0 aliphatic heterocycles. The minimum absolute atomic E-state index is 0.115. The molecule has 174 valence electrons. The van der Waals surface area contributed by atoms with Crippen molar-refractivity contribution in [2.45, 2.75) is 32.4 Å². The highest BCUT2D eigenvalue weighted by atomic mass is 28.4. The molecule has 0 saturated heterocycles. The summed E-state index contributed by atoms with van der Waals surface area (Å²) in [4.78, 5) is 0. The van der Waals surface area contributed by atoms with Gasteiger partial charge < -0.3 is 28.6 Å². The number of benzene rings is 3. The van der Waals surface area contributed by atoms with Crippen LogP contribution in [0.1, 0.15) is 26.3 Å². The number of hydrogen-bond acceptors (Lipinski definition) is 6. The van der Waals surface area contributed by atoms with Crippen molar-refractivity contribution in [2.75, 3.05) is 14.2 Å². The zero-order chi connectivity index (χ0) is 24.1. The van der Waals surface area contributed by atoms with Crippen LogP contribution in [-0.4, -0.2) is 39.9 Å². The van der Waals surface area contributed by atoms with Crippen molar-refractivity contribution in [1.82, 2.24) is 0 Å². The molecule has 8 heteroatoms. The highest BCUT2D eigenvalue weighted by molar-refractivity contribution is 6.99. The van der Waals surface area contributed by atoms with Crippen LogP contribution < -0.4 is 24.5 Å². The van der Waals surface area contributed by atoms with Gasteiger partial charge in [0.2, 0.25) is 0 Å². The Hall–Kier alpha value is -2.78. The fourth-order valence-electron chi connectivity index (χ4n) is 4.19. The molecule has 0 atom stereocenters. The van der Waals surface area contributed by atoms with E-state index in [9.17, 15) is 10.0 Å². The van der Waals surface area contributed by atoms with Crippen molar-refractivity contribution in [3.8, 4) is 17.2 Å². The van der Waals surface area contributed by atoms with Gasteiger partial charge in [-0.25, -0.2) is 0 Å². The molecule has 0 saturated carbocycles. The second-order valence-electron chi connectivity index (χ2n) is 8.73. The molecule has 0 amide bonds. The maximum Gasteiger partial charge on any atom is 0.707 e. The van der Waals surface area contributed by atoms with Crippen molar-refractivity contribution >= 4 is 26.0 Å². The summed E-state index contributed by atoms with van der Waals surface area (Å²) in [6.45, 7) is 6.97. The first-order valence-electron chi connectivity index (χ1n) is 10.8. The summed E-state index contributed by atoms with van der Waals surface area (Å²) in [5.41, 5.74) is 0.816. The van der Waals surface area contributed by atoms with Gasteiger partial charge in [0, 0.05) is 0 Å². The first kappa shape index (κ1) is 24.9. The summed E-state index contributed by atoms with van der Waals surface area (Å²) in [6.07, 6.45) is 0. The van der Waals surface area contributed by atoms with Crippen LogP contribution in [0, 0.1) is 0 Å². The summed E-state index contributed by atoms with van der Waals surface area (Å²) in [5, 5.41) is 20.8. The lowest BCUT2D eigenvalue weighted by molar-refractivity contribution is 0.267. The third-order valence-electron chi connectivity index (χ3n) is 5.62. The Morgan fingerprint density at radius 3 is 1.61 bits per heavy atom. The monoisotopic (exact) mass is 466 g/mol. The lowest BCUT2D eigenvalue weighted by Gasteiger charge is -2.43. The van der Waals surface area contributed by atoms with Crippen LogP contribution in [-0.2, 0) is 11.0 Å². The van der Waals surface area contributed by atoms with E-state index in [1.165, 1.54) is 24.6 Å². The van der Waals surface area contributed by atoms with Crippen molar-refractivity contribution in [1.29, 1.82) is 0 Å². The van der Waals surface area contributed by atoms with Crippen LogP contribution in [0.25, 0.3) is 0 Å². The number of rotatable bonds is 9. The number of methoxy groups -OCH3 is 2. The Labute approximate surface area is 197 Å². The molecule has 3 aromatic rings. The molecular weight excluding hydrogens is 435 g/mol. The molecule has 0 heterocycles. The van der Waals surface area contributed by atoms with Gasteiger partial charge in [0.05, 0.1) is 20.8 Å². The Kier molecular flexibility index (Phi) is 7.86.